The molecule has 8 nitrogen and oxygen atoms in total. The number of hydrogen-bond donors (Lipinski definition) is 1. The van der Waals surface area contributed by atoms with Crippen molar-refractivity contribution in [2.45, 2.75) is 6.92 Å². The molecule has 1 aromatic heterocycles. The summed E-state index contributed by atoms with van der Waals surface area (Å²) in [4.78, 5) is 38.9. The first-order valence-corrected chi connectivity index (χ1v) is 10.4. The minimum atomic E-state index is -0.434. The number of Topliss-reactive ketones (excluding diaryl/α,β-unsaturated/α-hetero) is 2. The van der Waals surface area contributed by atoms with E-state index in [1.54, 1.807) is 67.6 Å². The van der Waals surface area contributed by atoms with E-state index in [-0.39, 0.29) is 29.6 Å². The highest BCUT2D eigenvalue weighted by atomic mass is 16.5. The fraction of sp³-hybridized carbons (Fsp3) is 0.0800. The van der Waals surface area contributed by atoms with Gasteiger partial charge in [0.15, 0.2) is 0 Å². The topological polar surface area (TPSA) is 103 Å². The number of rotatable bonds is 5. The molecule has 3 aromatic carbocycles. The monoisotopic (exact) mass is 438 g/mol. The summed E-state index contributed by atoms with van der Waals surface area (Å²) in [5.74, 6) is -1.11. The molecule has 33 heavy (non-hydrogen) atoms. The van der Waals surface area contributed by atoms with Crippen LogP contribution in [0.1, 0.15) is 38.0 Å². The highest BCUT2D eigenvalue weighted by Crippen LogP contribution is 2.31. The zero-order valence-electron chi connectivity index (χ0n) is 17.6. The molecule has 162 valence electrons. The highest BCUT2D eigenvalue weighted by molar-refractivity contribution is 6.38. The fourth-order valence-corrected chi connectivity index (χ4v) is 3.76. The van der Waals surface area contributed by atoms with Gasteiger partial charge in [-0.3, -0.25) is 9.59 Å². The third kappa shape index (κ3) is 3.47. The number of allylic oxidation sites excluding steroid dienone is 2. The lowest BCUT2D eigenvalue weighted by molar-refractivity contribution is 0.0526. The number of ketones is 2. The van der Waals surface area contributed by atoms with E-state index in [4.69, 9.17) is 4.74 Å². The van der Waals surface area contributed by atoms with Gasteiger partial charge < -0.3 is 10.1 Å². The van der Waals surface area contributed by atoms with Gasteiger partial charge in [0.05, 0.1) is 17.7 Å². The lowest BCUT2D eigenvalue weighted by Gasteiger charge is -2.22. The Hall–Kier alpha value is -4.59. The molecule has 5 rings (SSSR count). The smallest absolute Gasteiger partial charge is 0.338 e. The van der Waals surface area contributed by atoms with Crippen molar-refractivity contribution in [3.63, 3.8) is 0 Å². The lowest BCUT2D eigenvalue weighted by atomic mass is 9.90. The molecule has 8 heteroatoms. The number of ether oxygens (including phenoxy) is 1. The number of para-hydroxylation sites is 1. The van der Waals surface area contributed by atoms with Crippen molar-refractivity contribution >= 4 is 40.0 Å². The van der Waals surface area contributed by atoms with Crippen molar-refractivity contribution in [1.82, 2.24) is 15.0 Å². The first-order chi connectivity index (χ1) is 16.1. The standard InChI is InChI=1S/C25H18N4O4/c1-2-33-25(32)15-11-13-16(14-12-15)26-21-22(29-20-10-6-5-9-19(20)27-28-29)24(31)18-8-4-3-7-17(18)23(21)30/h3-14,26H,2H2,1H3. The van der Waals surface area contributed by atoms with E-state index < -0.39 is 5.97 Å². The third-order valence-corrected chi connectivity index (χ3v) is 5.32. The summed E-state index contributed by atoms with van der Waals surface area (Å²) < 4.78 is 6.40. The number of esters is 1. The molecule has 0 unspecified atom stereocenters. The quantitative estimate of drug-likeness (QED) is 0.470. The Kier molecular flexibility index (Phi) is 5.02. The van der Waals surface area contributed by atoms with Gasteiger partial charge in [-0.05, 0) is 43.3 Å². The van der Waals surface area contributed by atoms with E-state index >= 15 is 0 Å². The Bertz CT molecular complexity index is 1450. The van der Waals surface area contributed by atoms with Crippen LogP contribution in [0.15, 0.2) is 78.5 Å². The van der Waals surface area contributed by atoms with Crippen LogP contribution in [-0.4, -0.2) is 39.1 Å². The summed E-state index contributed by atoms with van der Waals surface area (Å²) in [6, 6.07) is 20.4. The number of nitrogens with zero attached hydrogens (tertiary/aromatic N) is 3. The van der Waals surface area contributed by atoms with E-state index in [9.17, 15) is 14.4 Å². The van der Waals surface area contributed by atoms with Crippen molar-refractivity contribution in [3.05, 3.63) is 95.2 Å². The molecule has 0 amide bonds. The van der Waals surface area contributed by atoms with Gasteiger partial charge in [0, 0.05) is 16.8 Å². The summed E-state index contributed by atoms with van der Waals surface area (Å²) in [7, 11) is 0. The van der Waals surface area contributed by atoms with Crippen LogP contribution >= 0.6 is 0 Å². The molecule has 0 saturated heterocycles. The average Bonchev–Trinajstić information content (AvgIpc) is 3.27. The van der Waals surface area contributed by atoms with Crippen LogP contribution in [0.2, 0.25) is 0 Å². The Balaban J connectivity index is 1.64. The van der Waals surface area contributed by atoms with E-state index in [0.717, 1.165) is 0 Å². The second kappa shape index (κ2) is 8.16. The van der Waals surface area contributed by atoms with Crippen molar-refractivity contribution in [2.75, 3.05) is 11.9 Å². The Morgan fingerprint density at radius 2 is 1.58 bits per heavy atom. The van der Waals surface area contributed by atoms with Crippen molar-refractivity contribution in [1.29, 1.82) is 0 Å². The molecule has 4 aromatic rings. The predicted octanol–water partition coefficient (Wildman–Crippen LogP) is 3.97. The molecule has 0 saturated carbocycles. The highest BCUT2D eigenvalue weighted by Gasteiger charge is 2.34. The third-order valence-electron chi connectivity index (χ3n) is 5.32. The molecule has 0 radical (unpaired) electrons. The van der Waals surface area contributed by atoms with Crippen molar-refractivity contribution < 1.29 is 19.1 Å². The van der Waals surface area contributed by atoms with E-state index in [2.05, 4.69) is 15.6 Å². The number of carbonyl (C=O) groups is 3. The molecule has 1 aliphatic carbocycles. The average molecular weight is 438 g/mol. The Morgan fingerprint density at radius 1 is 0.909 bits per heavy atom. The van der Waals surface area contributed by atoms with Crippen LogP contribution in [0, 0.1) is 0 Å². The van der Waals surface area contributed by atoms with Crippen molar-refractivity contribution in [3.8, 4) is 0 Å². The van der Waals surface area contributed by atoms with Crippen LogP contribution in [0.4, 0.5) is 5.69 Å². The molecule has 0 aliphatic heterocycles. The largest absolute Gasteiger partial charge is 0.462 e. The van der Waals surface area contributed by atoms with Crippen LogP contribution < -0.4 is 5.32 Å². The fourth-order valence-electron chi connectivity index (χ4n) is 3.76. The van der Waals surface area contributed by atoms with Gasteiger partial charge in [0.1, 0.15) is 16.9 Å². The summed E-state index contributed by atoms with van der Waals surface area (Å²) in [6.45, 7) is 2.01. The maximum Gasteiger partial charge on any atom is 0.338 e. The Labute approximate surface area is 188 Å². The number of hydrogen-bond acceptors (Lipinski definition) is 7. The Morgan fingerprint density at radius 3 is 2.30 bits per heavy atom. The number of benzene rings is 3. The van der Waals surface area contributed by atoms with Crippen LogP contribution in [0.25, 0.3) is 16.7 Å². The molecule has 1 heterocycles. The van der Waals surface area contributed by atoms with Crippen molar-refractivity contribution in [2.24, 2.45) is 0 Å². The molecule has 0 fully saturated rings. The van der Waals surface area contributed by atoms with Gasteiger partial charge in [-0.15, -0.1) is 5.10 Å². The summed E-state index contributed by atoms with van der Waals surface area (Å²) in [5.41, 5.74) is 2.89. The molecule has 1 aliphatic rings. The number of carbonyl (C=O) groups excluding carboxylic acids is 3. The van der Waals surface area contributed by atoms with Crippen LogP contribution in [0.3, 0.4) is 0 Å². The maximum absolute atomic E-state index is 13.5. The van der Waals surface area contributed by atoms with E-state index in [0.29, 0.717) is 33.4 Å². The summed E-state index contributed by atoms with van der Waals surface area (Å²) >= 11 is 0. The first kappa shape index (κ1) is 20.3. The minimum Gasteiger partial charge on any atom is -0.462 e. The van der Waals surface area contributed by atoms with Gasteiger partial charge in [-0.1, -0.05) is 41.6 Å². The molecule has 0 spiro atoms. The SMILES string of the molecule is CCOC(=O)c1ccc(NC2=C(n3nnc4ccccc43)C(=O)c3ccccc3C2=O)cc1. The normalized spacial score (nSPS) is 13.2. The maximum atomic E-state index is 13.5. The zero-order chi connectivity index (χ0) is 22.9. The molecule has 1 N–H and O–H groups in total. The van der Waals surface area contributed by atoms with Gasteiger partial charge in [0.2, 0.25) is 11.6 Å². The van der Waals surface area contributed by atoms with Crippen LogP contribution in [-0.2, 0) is 4.74 Å². The minimum absolute atomic E-state index is 0.0817. The molecular weight excluding hydrogens is 420 g/mol. The summed E-state index contributed by atoms with van der Waals surface area (Å²) in [6.07, 6.45) is 0. The zero-order valence-corrected chi connectivity index (χ0v) is 17.6. The molecule has 0 atom stereocenters. The van der Waals surface area contributed by atoms with Gasteiger partial charge in [-0.2, -0.15) is 0 Å². The number of anilines is 1. The molecular formula is C25H18N4O4. The van der Waals surface area contributed by atoms with Gasteiger partial charge in [-0.25, -0.2) is 9.48 Å². The predicted molar refractivity (Wildman–Crippen MR) is 122 cm³/mol. The van der Waals surface area contributed by atoms with Crippen LogP contribution in [0.5, 0.6) is 0 Å². The summed E-state index contributed by atoms with van der Waals surface area (Å²) in [5, 5.41) is 11.4. The second-order valence-electron chi connectivity index (χ2n) is 7.34. The number of fused-ring (bicyclic) bond motifs is 2. The van der Waals surface area contributed by atoms with E-state index in [1.165, 1.54) is 4.68 Å². The van der Waals surface area contributed by atoms with E-state index in [1.807, 2.05) is 12.1 Å². The van der Waals surface area contributed by atoms with Gasteiger partial charge >= 0.3 is 5.97 Å². The number of aromatic nitrogens is 3. The van der Waals surface area contributed by atoms with Gasteiger partial charge in [0.25, 0.3) is 0 Å². The number of nitrogens with one attached hydrogen (secondary N) is 1. The second-order valence-corrected chi connectivity index (χ2v) is 7.34. The first-order valence-electron chi connectivity index (χ1n) is 10.4. The lowest BCUT2D eigenvalue weighted by Crippen LogP contribution is -2.28. The molecule has 0 bridgehead atoms.